The smallest absolute Gasteiger partial charge is 0.108 e. The van der Waals surface area contributed by atoms with Gasteiger partial charge < -0.3 is 4.90 Å². The van der Waals surface area contributed by atoms with E-state index in [0.29, 0.717) is 0 Å². The molecule has 0 aromatic heterocycles. The van der Waals surface area contributed by atoms with Gasteiger partial charge in [0.2, 0.25) is 0 Å². The maximum atomic E-state index is 4.58. The van der Waals surface area contributed by atoms with Crippen molar-refractivity contribution in [3.05, 3.63) is 30.3 Å². The van der Waals surface area contributed by atoms with Gasteiger partial charge in [-0.15, -0.1) is 0 Å². The first-order valence-corrected chi connectivity index (χ1v) is 7.64. The van der Waals surface area contributed by atoms with Crippen molar-refractivity contribution in [2.75, 3.05) is 19.0 Å². The Bertz CT molecular complexity index is 418. The maximum absolute atomic E-state index is 4.58. The third kappa shape index (κ3) is 4.66. The summed E-state index contributed by atoms with van der Waals surface area (Å²) in [5.41, 5.74) is 1.30. The van der Waals surface area contributed by atoms with E-state index in [1.54, 1.807) is 0 Å². The van der Waals surface area contributed by atoms with E-state index < -0.39 is 0 Å². The molecule has 0 heterocycles. The molecule has 0 atom stereocenters. The summed E-state index contributed by atoms with van der Waals surface area (Å²) < 4.78 is 0. The third-order valence-corrected chi connectivity index (χ3v) is 3.86. The zero-order valence-electron chi connectivity index (χ0n) is 14.0. The third-order valence-electron chi connectivity index (χ3n) is 3.86. The minimum Gasteiger partial charge on any atom is -0.333 e. The molecular formula is C18H30N2. The number of nitrogens with zero attached hydrogens (tertiary/aromatic N) is 2. The fourth-order valence-electron chi connectivity index (χ4n) is 2.74. The number of benzene rings is 1. The molecular weight excluding hydrogens is 244 g/mol. The Morgan fingerprint density at radius 3 is 2.30 bits per heavy atom. The van der Waals surface area contributed by atoms with E-state index in [0.717, 1.165) is 11.8 Å². The number of para-hydroxylation sites is 1. The number of aliphatic imine (C=N–C) groups is 1. The van der Waals surface area contributed by atoms with Crippen LogP contribution in [0.5, 0.6) is 0 Å². The Morgan fingerprint density at radius 1 is 1.20 bits per heavy atom. The van der Waals surface area contributed by atoms with Crippen molar-refractivity contribution in [2.24, 2.45) is 16.3 Å². The zero-order valence-corrected chi connectivity index (χ0v) is 14.0. The molecule has 0 aliphatic carbocycles. The lowest BCUT2D eigenvalue weighted by Crippen LogP contribution is -2.38. The average Bonchev–Trinajstić information content (AvgIpc) is 2.39. The number of anilines is 1. The second kappa shape index (κ2) is 7.47. The highest BCUT2D eigenvalue weighted by Gasteiger charge is 2.27. The topological polar surface area (TPSA) is 15.6 Å². The van der Waals surface area contributed by atoms with Gasteiger partial charge in [-0.05, 0) is 24.5 Å². The highest BCUT2D eigenvalue weighted by Crippen LogP contribution is 2.29. The summed E-state index contributed by atoms with van der Waals surface area (Å²) >= 11 is 0. The molecule has 1 aromatic carbocycles. The first-order valence-electron chi connectivity index (χ1n) is 7.64. The van der Waals surface area contributed by atoms with Gasteiger partial charge >= 0.3 is 0 Å². The predicted molar refractivity (Wildman–Crippen MR) is 90.7 cm³/mol. The van der Waals surface area contributed by atoms with E-state index in [1.807, 2.05) is 13.1 Å². The molecule has 0 aliphatic heterocycles. The van der Waals surface area contributed by atoms with Gasteiger partial charge in [-0.3, -0.25) is 4.99 Å². The van der Waals surface area contributed by atoms with Crippen LogP contribution in [0.1, 0.15) is 47.0 Å². The van der Waals surface area contributed by atoms with Crippen LogP contribution >= 0.6 is 0 Å². The Hall–Kier alpha value is -1.31. The van der Waals surface area contributed by atoms with Gasteiger partial charge in [0, 0.05) is 25.2 Å². The first kappa shape index (κ1) is 16.7. The minimum absolute atomic E-state index is 0.105. The lowest BCUT2D eigenvalue weighted by atomic mass is 9.84. The van der Waals surface area contributed by atoms with Crippen molar-refractivity contribution in [2.45, 2.75) is 47.0 Å². The van der Waals surface area contributed by atoms with Crippen LogP contribution in [0.15, 0.2) is 35.3 Å². The van der Waals surface area contributed by atoms with Crippen molar-refractivity contribution in [1.29, 1.82) is 0 Å². The van der Waals surface area contributed by atoms with Gasteiger partial charge in [0.1, 0.15) is 5.84 Å². The molecule has 0 amide bonds. The molecule has 0 spiro atoms. The van der Waals surface area contributed by atoms with E-state index in [1.165, 1.54) is 24.9 Å². The highest BCUT2D eigenvalue weighted by atomic mass is 15.2. The molecule has 0 saturated heterocycles. The molecule has 0 bridgehead atoms. The number of rotatable bonds is 6. The Morgan fingerprint density at radius 2 is 1.80 bits per heavy atom. The van der Waals surface area contributed by atoms with Crippen LogP contribution in [0, 0.1) is 11.3 Å². The lowest BCUT2D eigenvalue weighted by molar-refractivity contribution is 0.415. The second-order valence-electron chi connectivity index (χ2n) is 6.61. The number of hydrogen-bond acceptors (Lipinski definition) is 1. The summed E-state index contributed by atoms with van der Waals surface area (Å²) in [5.74, 6) is 1.94. The standard InChI is InChI=1S/C18H30N2/c1-15(2)11-10-14-18(3,4)17(19-5)20(6)16-12-8-7-9-13-16/h7-9,12-13,15H,10-11,14H2,1-6H3. The molecule has 0 radical (unpaired) electrons. The fraction of sp³-hybridized carbons (Fsp3) is 0.611. The Kier molecular flexibility index (Phi) is 6.25. The van der Waals surface area contributed by atoms with Crippen LogP contribution in [-0.4, -0.2) is 19.9 Å². The summed E-state index contributed by atoms with van der Waals surface area (Å²) in [6, 6.07) is 10.5. The summed E-state index contributed by atoms with van der Waals surface area (Å²) in [5, 5.41) is 0. The Labute approximate surface area is 124 Å². The van der Waals surface area contributed by atoms with Crippen LogP contribution < -0.4 is 4.90 Å². The van der Waals surface area contributed by atoms with Crippen LogP contribution in [0.4, 0.5) is 5.69 Å². The SMILES string of the molecule is CN=C(N(C)c1ccccc1)C(C)(C)CCCC(C)C. The molecule has 2 nitrogen and oxygen atoms in total. The van der Waals surface area contributed by atoms with Crippen LogP contribution in [0.3, 0.4) is 0 Å². The van der Waals surface area contributed by atoms with Gasteiger partial charge in [0.15, 0.2) is 0 Å². The molecule has 20 heavy (non-hydrogen) atoms. The summed E-state index contributed by atoms with van der Waals surface area (Å²) in [6.45, 7) is 9.18. The van der Waals surface area contributed by atoms with Crippen molar-refractivity contribution in [3.8, 4) is 0 Å². The lowest BCUT2D eigenvalue weighted by Gasteiger charge is -2.34. The van der Waals surface area contributed by atoms with E-state index in [9.17, 15) is 0 Å². The molecule has 0 aliphatic rings. The largest absolute Gasteiger partial charge is 0.333 e. The maximum Gasteiger partial charge on any atom is 0.108 e. The van der Waals surface area contributed by atoms with Crippen molar-refractivity contribution >= 4 is 11.5 Å². The zero-order chi connectivity index (χ0) is 15.2. The molecule has 0 unspecified atom stereocenters. The highest BCUT2D eigenvalue weighted by molar-refractivity contribution is 6.00. The second-order valence-corrected chi connectivity index (χ2v) is 6.61. The quantitative estimate of drug-likeness (QED) is 0.526. The molecule has 112 valence electrons. The summed E-state index contributed by atoms with van der Waals surface area (Å²) in [4.78, 5) is 6.79. The summed E-state index contributed by atoms with van der Waals surface area (Å²) in [7, 11) is 4.01. The molecule has 0 saturated carbocycles. The van der Waals surface area contributed by atoms with Crippen molar-refractivity contribution in [3.63, 3.8) is 0 Å². The fourth-order valence-corrected chi connectivity index (χ4v) is 2.74. The molecule has 2 heteroatoms. The molecule has 1 aromatic rings. The van der Waals surface area contributed by atoms with Crippen LogP contribution in [0.25, 0.3) is 0 Å². The van der Waals surface area contributed by atoms with Crippen molar-refractivity contribution < 1.29 is 0 Å². The normalized spacial score (nSPS) is 12.8. The first-order chi connectivity index (χ1) is 9.38. The Balaban J connectivity index is 2.79. The molecule has 1 rings (SSSR count). The molecule has 0 fully saturated rings. The monoisotopic (exact) mass is 274 g/mol. The predicted octanol–water partition coefficient (Wildman–Crippen LogP) is 5.00. The average molecular weight is 274 g/mol. The van der Waals surface area contributed by atoms with E-state index in [2.05, 4.69) is 68.9 Å². The van der Waals surface area contributed by atoms with Crippen LogP contribution in [-0.2, 0) is 0 Å². The van der Waals surface area contributed by atoms with Gasteiger partial charge in [-0.1, -0.05) is 58.7 Å². The number of amidine groups is 1. The van der Waals surface area contributed by atoms with E-state index in [4.69, 9.17) is 0 Å². The molecule has 0 N–H and O–H groups in total. The van der Waals surface area contributed by atoms with Gasteiger partial charge in [-0.2, -0.15) is 0 Å². The van der Waals surface area contributed by atoms with Gasteiger partial charge in [0.05, 0.1) is 0 Å². The van der Waals surface area contributed by atoms with E-state index in [-0.39, 0.29) is 5.41 Å². The number of hydrogen-bond donors (Lipinski definition) is 0. The summed E-state index contributed by atoms with van der Waals surface area (Å²) in [6.07, 6.45) is 3.72. The van der Waals surface area contributed by atoms with Crippen LogP contribution in [0.2, 0.25) is 0 Å². The minimum atomic E-state index is 0.105. The van der Waals surface area contributed by atoms with Gasteiger partial charge in [0.25, 0.3) is 0 Å². The van der Waals surface area contributed by atoms with E-state index >= 15 is 0 Å². The van der Waals surface area contributed by atoms with Gasteiger partial charge in [-0.25, -0.2) is 0 Å². The van der Waals surface area contributed by atoms with Crippen molar-refractivity contribution in [1.82, 2.24) is 0 Å².